The summed E-state index contributed by atoms with van der Waals surface area (Å²) in [5.74, 6) is 0. The number of hydrogen-bond donors (Lipinski definition) is 2. The van der Waals surface area contributed by atoms with E-state index in [0.29, 0.717) is 6.54 Å². The van der Waals surface area contributed by atoms with Gasteiger partial charge in [0.2, 0.25) is 0 Å². The average Bonchev–Trinajstić information content (AvgIpc) is 2.56. The molecule has 0 aliphatic rings. The van der Waals surface area contributed by atoms with Crippen LogP contribution in [0.15, 0.2) is 29.2 Å². The van der Waals surface area contributed by atoms with Gasteiger partial charge in [-0.1, -0.05) is 70.4 Å². The molecule has 0 saturated carbocycles. The summed E-state index contributed by atoms with van der Waals surface area (Å²) < 4.78 is 26.6. The Balaban J connectivity index is 0.00000625. The third-order valence-corrected chi connectivity index (χ3v) is 5.70. The summed E-state index contributed by atoms with van der Waals surface area (Å²) in [6, 6.07) is 5.67. The number of unbranched alkanes of at least 4 members (excludes halogenated alkanes) is 8. The van der Waals surface area contributed by atoms with Gasteiger partial charge >= 0.3 is 29.6 Å². The summed E-state index contributed by atoms with van der Waals surface area (Å²) in [6.45, 7) is 2.90. The van der Waals surface area contributed by atoms with E-state index in [9.17, 15) is 8.42 Å². The molecule has 0 bridgehead atoms. The molecule has 5 nitrogen and oxygen atoms in total. The molecule has 0 spiro atoms. The van der Waals surface area contributed by atoms with Crippen molar-refractivity contribution >= 4 is 33.0 Å². The third-order valence-electron chi connectivity index (χ3n) is 3.96. The van der Waals surface area contributed by atoms with Crippen LogP contribution in [0.4, 0.5) is 5.69 Å². The van der Waals surface area contributed by atoms with E-state index in [1.54, 1.807) is 0 Å². The van der Waals surface area contributed by atoms with Crippen LogP contribution in [0.1, 0.15) is 64.7 Å². The van der Waals surface area contributed by atoms with Crippen molar-refractivity contribution in [1.29, 1.82) is 0 Å². The standard InChI is InChI=1S/C18H30N3O2S2.Na/c1-2-3-4-5-6-7-8-9-10-15-20-18(24)21-25(22,23)17-13-11-16(19)12-14-17;/h11-14,19H,2-10,15H2,1H3,(H2,20,21,24);/q-1;+1. The first-order valence-electron chi connectivity index (χ1n) is 9.08. The first-order chi connectivity index (χ1) is 12.0. The Hall–Kier alpha value is -0.340. The topological polar surface area (TPSA) is 82.0 Å². The van der Waals surface area contributed by atoms with Crippen LogP contribution >= 0.6 is 12.2 Å². The number of rotatable bonds is 12. The van der Waals surface area contributed by atoms with Crippen LogP contribution in [0.5, 0.6) is 0 Å². The van der Waals surface area contributed by atoms with Gasteiger partial charge in [0.05, 0.1) is 4.90 Å². The zero-order valence-electron chi connectivity index (χ0n) is 16.0. The zero-order chi connectivity index (χ0) is 18.5. The van der Waals surface area contributed by atoms with Crippen LogP contribution in [0.2, 0.25) is 0 Å². The first kappa shape index (κ1) is 25.7. The molecule has 1 aromatic rings. The summed E-state index contributed by atoms with van der Waals surface area (Å²) in [4.78, 5) is 0.107. The van der Waals surface area contributed by atoms with E-state index in [1.165, 1.54) is 69.2 Å². The van der Waals surface area contributed by atoms with Crippen LogP contribution in [-0.2, 0) is 10.0 Å². The Morgan fingerprint density at radius 1 is 0.962 bits per heavy atom. The Labute approximate surface area is 186 Å². The van der Waals surface area contributed by atoms with Gasteiger partial charge in [0.1, 0.15) is 0 Å². The monoisotopic (exact) mass is 407 g/mol. The molecule has 1 rings (SSSR count). The minimum absolute atomic E-state index is 0. The number of nitrogens with one attached hydrogen (secondary N) is 3. The van der Waals surface area contributed by atoms with Gasteiger partial charge in [0.15, 0.2) is 5.11 Å². The number of thiocarbonyl (C=S) groups is 1. The number of benzene rings is 1. The van der Waals surface area contributed by atoms with Crippen LogP contribution in [0.3, 0.4) is 0 Å². The number of hydrogen-bond acceptors (Lipinski definition) is 3. The van der Waals surface area contributed by atoms with Crippen molar-refractivity contribution in [1.82, 2.24) is 10.0 Å². The van der Waals surface area contributed by atoms with E-state index in [0.717, 1.165) is 12.8 Å². The van der Waals surface area contributed by atoms with Crippen LogP contribution in [0.25, 0.3) is 5.73 Å². The average molecular weight is 408 g/mol. The smallest absolute Gasteiger partial charge is 0.699 e. The van der Waals surface area contributed by atoms with E-state index in [4.69, 9.17) is 18.0 Å². The minimum Gasteiger partial charge on any atom is -0.699 e. The normalized spacial score (nSPS) is 10.8. The third kappa shape index (κ3) is 11.4. The second-order valence-electron chi connectivity index (χ2n) is 6.21. The van der Waals surface area contributed by atoms with E-state index in [2.05, 4.69) is 17.0 Å². The van der Waals surface area contributed by atoms with Gasteiger partial charge < -0.3 is 11.1 Å². The van der Waals surface area contributed by atoms with Crippen molar-refractivity contribution in [2.75, 3.05) is 6.54 Å². The predicted molar refractivity (Wildman–Crippen MR) is 109 cm³/mol. The van der Waals surface area contributed by atoms with Gasteiger partial charge in [-0.25, -0.2) is 8.42 Å². The molecule has 0 aliphatic heterocycles. The van der Waals surface area contributed by atoms with E-state index in [-0.39, 0.29) is 45.3 Å². The fourth-order valence-corrected chi connectivity index (χ4v) is 3.85. The molecule has 0 atom stereocenters. The Kier molecular flexibility index (Phi) is 14.5. The van der Waals surface area contributed by atoms with Gasteiger partial charge in [-0.05, 0) is 30.8 Å². The SMILES string of the molecule is CCCCCCCCCCCNC(=S)NS(=O)(=O)c1ccc([NH-])cc1.[Na+]. The molecule has 0 aromatic heterocycles. The van der Waals surface area contributed by atoms with Crippen molar-refractivity contribution in [3.8, 4) is 0 Å². The fourth-order valence-electron chi connectivity index (χ4n) is 2.49. The molecule has 0 radical (unpaired) electrons. The van der Waals surface area contributed by atoms with E-state index in [1.807, 2.05) is 0 Å². The molecule has 3 N–H and O–H groups in total. The molecule has 0 heterocycles. The van der Waals surface area contributed by atoms with Gasteiger partial charge in [0, 0.05) is 6.54 Å². The van der Waals surface area contributed by atoms with Gasteiger partial charge in [-0.3, -0.25) is 4.72 Å². The zero-order valence-corrected chi connectivity index (χ0v) is 19.6. The maximum absolute atomic E-state index is 12.1. The van der Waals surface area contributed by atoms with Crippen molar-refractivity contribution in [2.45, 2.75) is 69.6 Å². The van der Waals surface area contributed by atoms with Crippen LogP contribution in [-0.4, -0.2) is 20.1 Å². The molecule has 0 aliphatic carbocycles. The summed E-state index contributed by atoms with van der Waals surface area (Å²) in [5.41, 5.74) is 7.66. The Morgan fingerprint density at radius 3 is 2.00 bits per heavy atom. The van der Waals surface area contributed by atoms with E-state index < -0.39 is 10.0 Å². The Bertz CT molecular complexity index is 607. The Morgan fingerprint density at radius 2 is 1.46 bits per heavy atom. The molecule has 0 saturated heterocycles. The second-order valence-corrected chi connectivity index (χ2v) is 8.30. The second kappa shape index (κ2) is 14.7. The molecular weight excluding hydrogens is 377 g/mol. The van der Waals surface area contributed by atoms with Gasteiger partial charge in [-0.2, -0.15) is 0 Å². The molecule has 0 fully saturated rings. The molecule has 0 unspecified atom stereocenters. The van der Waals surface area contributed by atoms with Crippen molar-refractivity contribution < 1.29 is 38.0 Å². The first-order valence-corrected chi connectivity index (χ1v) is 11.0. The van der Waals surface area contributed by atoms with Crippen molar-refractivity contribution in [3.63, 3.8) is 0 Å². The summed E-state index contributed by atoms with van der Waals surface area (Å²) in [7, 11) is -3.68. The maximum Gasteiger partial charge on any atom is 1.00 e. The van der Waals surface area contributed by atoms with Gasteiger partial charge in [0.25, 0.3) is 10.0 Å². The van der Waals surface area contributed by atoms with Crippen molar-refractivity contribution in [2.24, 2.45) is 0 Å². The van der Waals surface area contributed by atoms with Gasteiger partial charge in [-0.15, -0.1) is 5.69 Å². The summed E-state index contributed by atoms with van der Waals surface area (Å²) >= 11 is 5.05. The molecule has 26 heavy (non-hydrogen) atoms. The summed E-state index contributed by atoms with van der Waals surface area (Å²) in [5, 5.41) is 3.06. The maximum atomic E-state index is 12.1. The van der Waals surface area contributed by atoms with E-state index >= 15 is 0 Å². The summed E-state index contributed by atoms with van der Waals surface area (Å²) in [6.07, 6.45) is 11.2. The molecule has 0 amide bonds. The molecule has 8 heteroatoms. The predicted octanol–water partition coefficient (Wildman–Crippen LogP) is 2.06. The van der Waals surface area contributed by atoms with Crippen LogP contribution < -0.4 is 39.6 Å². The molecule has 1 aromatic carbocycles. The quantitative estimate of drug-likeness (QED) is 0.316. The fraction of sp³-hybridized carbons (Fsp3) is 0.611. The molecule has 142 valence electrons. The minimum atomic E-state index is -3.68. The number of sulfonamides is 1. The van der Waals surface area contributed by atoms with Crippen molar-refractivity contribution in [3.05, 3.63) is 30.0 Å². The largest absolute Gasteiger partial charge is 1.00 e. The molecular formula is C18H30N3NaO2S2. The van der Waals surface area contributed by atoms with Crippen LogP contribution in [0, 0.1) is 0 Å².